The molecule has 1 saturated heterocycles. The van der Waals surface area contributed by atoms with E-state index >= 15 is 0 Å². The van der Waals surface area contributed by atoms with Crippen molar-refractivity contribution in [2.24, 2.45) is 34.5 Å². The Kier molecular flexibility index (Phi) is 2.45. The van der Waals surface area contributed by atoms with Crippen LogP contribution in [0, 0.1) is 34.5 Å². The Morgan fingerprint density at radius 3 is 2.45 bits per heavy atom. The summed E-state index contributed by atoms with van der Waals surface area (Å²) < 4.78 is 12.3. The molecule has 0 amide bonds. The maximum Gasteiger partial charge on any atom is 0.178 e. The smallest absolute Gasteiger partial charge is 0.178 e. The Morgan fingerprint density at radius 2 is 1.80 bits per heavy atom. The van der Waals surface area contributed by atoms with Crippen molar-refractivity contribution in [1.29, 1.82) is 0 Å². The fraction of sp³-hybridized carbons (Fsp3) is 0.882. The molecular weight excluding hydrogens is 252 g/mol. The lowest BCUT2D eigenvalue weighted by molar-refractivity contribution is -0.287. The van der Waals surface area contributed by atoms with Gasteiger partial charge >= 0.3 is 0 Å². The van der Waals surface area contributed by atoms with Gasteiger partial charge in [0.15, 0.2) is 5.79 Å². The number of aliphatic hydroxyl groups excluding tert-OH is 1. The topological polar surface area (TPSA) is 38.7 Å². The molecule has 112 valence electrons. The zero-order valence-corrected chi connectivity index (χ0v) is 12.9. The maximum atomic E-state index is 10.9. The largest absolute Gasteiger partial charge is 0.392 e. The van der Waals surface area contributed by atoms with Crippen LogP contribution in [-0.2, 0) is 9.47 Å². The number of rotatable bonds is 0. The van der Waals surface area contributed by atoms with E-state index in [9.17, 15) is 5.11 Å². The summed E-state index contributed by atoms with van der Waals surface area (Å²) in [6.45, 7) is 10.3. The number of ether oxygens (including phenoxy) is 2. The number of hydrogen-bond donors (Lipinski definition) is 1. The summed E-state index contributed by atoms with van der Waals surface area (Å²) in [4.78, 5) is 0. The van der Waals surface area contributed by atoms with Crippen LogP contribution in [0.5, 0.6) is 0 Å². The molecule has 3 nitrogen and oxygen atoms in total. The Labute approximate surface area is 121 Å². The lowest BCUT2D eigenvalue weighted by atomic mass is 9.48. The number of hydrogen-bond acceptors (Lipinski definition) is 3. The molecule has 20 heavy (non-hydrogen) atoms. The highest BCUT2D eigenvalue weighted by atomic mass is 16.7. The molecule has 3 heteroatoms. The molecular formula is C17H26O3. The third-order valence-electron chi connectivity index (χ3n) is 6.95. The first kappa shape index (κ1) is 13.3. The highest BCUT2D eigenvalue weighted by molar-refractivity contribution is 5.27. The molecule has 5 unspecified atom stereocenters. The molecule has 0 aromatic carbocycles. The average molecular weight is 278 g/mol. The monoisotopic (exact) mass is 278 g/mol. The highest BCUT2D eigenvalue weighted by Crippen LogP contribution is 2.68. The van der Waals surface area contributed by atoms with Crippen molar-refractivity contribution in [3.05, 3.63) is 12.2 Å². The Morgan fingerprint density at radius 1 is 1.15 bits per heavy atom. The van der Waals surface area contributed by atoms with Gasteiger partial charge in [0.2, 0.25) is 0 Å². The van der Waals surface area contributed by atoms with Crippen LogP contribution in [0.25, 0.3) is 0 Å². The molecule has 0 aromatic heterocycles. The molecule has 2 bridgehead atoms. The van der Waals surface area contributed by atoms with Gasteiger partial charge < -0.3 is 14.6 Å². The molecule has 5 aliphatic rings. The second kappa shape index (κ2) is 3.68. The van der Waals surface area contributed by atoms with Crippen molar-refractivity contribution in [2.45, 2.75) is 46.0 Å². The molecule has 1 N–H and O–H groups in total. The van der Waals surface area contributed by atoms with E-state index in [0.717, 1.165) is 6.42 Å². The van der Waals surface area contributed by atoms with E-state index in [2.05, 4.69) is 39.8 Å². The summed E-state index contributed by atoms with van der Waals surface area (Å²) >= 11 is 0. The second-order valence-corrected chi connectivity index (χ2v) is 8.22. The van der Waals surface area contributed by atoms with Crippen LogP contribution >= 0.6 is 0 Å². The van der Waals surface area contributed by atoms with Gasteiger partial charge in [-0.05, 0) is 29.1 Å². The van der Waals surface area contributed by atoms with Crippen LogP contribution in [-0.4, -0.2) is 30.2 Å². The lowest BCUT2D eigenvalue weighted by Crippen LogP contribution is -2.64. The molecule has 5 rings (SSSR count). The molecule has 1 heterocycles. The fourth-order valence-electron chi connectivity index (χ4n) is 5.77. The quantitative estimate of drug-likeness (QED) is 0.692. The van der Waals surface area contributed by atoms with Crippen molar-refractivity contribution in [2.75, 3.05) is 13.2 Å². The zero-order valence-electron chi connectivity index (χ0n) is 12.9. The van der Waals surface area contributed by atoms with Gasteiger partial charge in [-0.25, -0.2) is 0 Å². The van der Waals surface area contributed by atoms with E-state index in [1.54, 1.807) is 0 Å². The van der Waals surface area contributed by atoms with E-state index in [4.69, 9.17) is 9.47 Å². The van der Waals surface area contributed by atoms with Crippen LogP contribution in [0.1, 0.15) is 34.1 Å². The number of aliphatic hydroxyl groups is 1. The minimum absolute atomic E-state index is 0.00921. The zero-order chi connectivity index (χ0) is 14.3. The van der Waals surface area contributed by atoms with Crippen LogP contribution in [0.2, 0.25) is 0 Å². The molecule has 2 saturated carbocycles. The Hall–Kier alpha value is -0.380. The van der Waals surface area contributed by atoms with Crippen molar-refractivity contribution in [3.8, 4) is 0 Å². The van der Waals surface area contributed by atoms with Crippen LogP contribution in [0.3, 0.4) is 0 Å². The van der Waals surface area contributed by atoms with Gasteiger partial charge in [0.1, 0.15) is 0 Å². The van der Waals surface area contributed by atoms with Crippen LogP contribution in [0.15, 0.2) is 12.2 Å². The Bertz CT molecular complexity index is 463. The van der Waals surface area contributed by atoms with E-state index in [1.165, 1.54) is 0 Å². The predicted molar refractivity (Wildman–Crippen MR) is 75.9 cm³/mol. The molecule has 6 atom stereocenters. The van der Waals surface area contributed by atoms with Gasteiger partial charge in [-0.2, -0.15) is 0 Å². The second-order valence-electron chi connectivity index (χ2n) is 8.22. The van der Waals surface area contributed by atoms with Crippen LogP contribution in [0.4, 0.5) is 0 Å². The average Bonchev–Trinajstić information content (AvgIpc) is 2.93. The summed E-state index contributed by atoms with van der Waals surface area (Å²) in [5, 5.41) is 10.9. The minimum atomic E-state index is -0.440. The van der Waals surface area contributed by atoms with Gasteiger partial charge in [0.25, 0.3) is 0 Å². The summed E-state index contributed by atoms with van der Waals surface area (Å²) in [7, 11) is 0. The summed E-state index contributed by atoms with van der Waals surface area (Å²) in [6, 6.07) is 0. The molecule has 1 spiro atoms. The summed E-state index contributed by atoms with van der Waals surface area (Å²) in [6.07, 6.45) is 5.49. The molecule has 3 fully saturated rings. The normalized spacial score (nSPS) is 54.5. The van der Waals surface area contributed by atoms with Gasteiger partial charge in [0, 0.05) is 11.8 Å². The van der Waals surface area contributed by atoms with E-state index in [-0.39, 0.29) is 22.9 Å². The molecule has 0 radical (unpaired) electrons. The van der Waals surface area contributed by atoms with E-state index in [0.29, 0.717) is 31.0 Å². The highest BCUT2D eigenvalue weighted by Gasteiger charge is 2.70. The standard InChI is InChI=1S/C17H26O3/c1-10-16(4)6-5-12(17(10)19-7-8-20-17)11-9-15(2,3)14(18)13(11)16/h5-6,10-14,18H,7-9H2,1-4H3/t10-,11?,12?,13?,14?,16?/m0/s1. The van der Waals surface area contributed by atoms with Gasteiger partial charge in [-0.1, -0.05) is 39.8 Å². The lowest BCUT2D eigenvalue weighted by Gasteiger charge is -2.61. The molecule has 4 aliphatic carbocycles. The summed E-state index contributed by atoms with van der Waals surface area (Å²) in [5.41, 5.74) is -0.0400. The first-order valence-electron chi connectivity index (χ1n) is 7.98. The van der Waals surface area contributed by atoms with Crippen molar-refractivity contribution >= 4 is 0 Å². The van der Waals surface area contributed by atoms with Crippen molar-refractivity contribution in [1.82, 2.24) is 0 Å². The fourth-order valence-corrected chi connectivity index (χ4v) is 5.77. The third kappa shape index (κ3) is 1.28. The third-order valence-corrected chi connectivity index (χ3v) is 6.95. The van der Waals surface area contributed by atoms with Gasteiger partial charge in [0.05, 0.1) is 19.3 Å². The first-order chi connectivity index (χ1) is 9.33. The number of allylic oxidation sites excluding steroid dienone is 1. The first-order valence-corrected chi connectivity index (χ1v) is 7.98. The maximum absolute atomic E-state index is 10.9. The SMILES string of the molecule is C[C@H]1C2(C)C=CC(C3CC(C)(C)C(O)C32)C12OCCO2. The van der Waals surface area contributed by atoms with Crippen molar-refractivity contribution in [3.63, 3.8) is 0 Å². The molecule has 1 aliphatic heterocycles. The Balaban J connectivity index is 1.84. The minimum Gasteiger partial charge on any atom is -0.392 e. The van der Waals surface area contributed by atoms with E-state index in [1.807, 2.05) is 0 Å². The van der Waals surface area contributed by atoms with Crippen molar-refractivity contribution < 1.29 is 14.6 Å². The van der Waals surface area contributed by atoms with E-state index < -0.39 is 5.79 Å². The van der Waals surface area contributed by atoms with Gasteiger partial charge in [-0.3, -0.25) is 0 Å². The molecule has 0 aromatic rings. The van der Waals surface area contributed by atoms with Gasteiger partial charge in [-0.15, -0.1) is 0 Å². The van der Waals surface area contributed by atoms with Crippen LogP contribution < -0.4 is 0 Å². The summed E-state index contributed by atoms with van der Waals surface area (Å²) in [5.74, 6) is 0.955. The predicted octanol–water partition coefficient (Wildman–Crippen LogP) is 2.59.